The van der Waals surface area contributed by atoms with Gasteiger partial charge in [0.15, 0.2) is 5.96 Å². The van der Waals surface area contributed by atoms with Crippen molar-refractivity contribution in [3.8, 4) is 0 Å². The van der Waals surface area contributed by atoms with E-state index in [4.69, 9.17) is 15.5 Å². The van der Waals surface area contributed by atoms with Crippen molar-refractivity contribution in [1.29, 1.82) is 0 Å². The Bertz CT molecular complexity index is 501. The Kier molecular flexibility index (Phi) is 8.32. The van der Waals surface area contributed by atoms with Crippen LogP contribution < -0.4 is 5.73 Å². The van der Waals surface area contributed by atoms with Gasteiger partial charge in [-0.05, 0) is 31.2 Å². The van der Waals surface area contributed by atoms with Gasteiger partial charge < -0.3 is 15.4 Å². The van der Waals surface area contributed by atoms with Gasteiger partial charge in [-0.3, -0.25) is 4.99 Å². The summed E-state index contributed by atoms with van der Waals surface area (Å²) < 4.78 is 6.05. The minimum absolute atomic E-state index is 0. The predicted molar refractivity (Wildman–Crippen MR) is 110 cm³/mol. The van der Waals surface area contributed by atoms with E-state index < -0.39 is 0 Å². The molecule has 2 aliphatic rings. The van der Waals surface area contributed by atoms with Gasteiger partial charge in [-0.15, -0.1) is 24.0 Å². The standard InChI is InChI=1S/C19H29N3O.HI/c20-19(22-12-6-1-2-7-13-22)21-15-17-11-8-14-23-18(17)16-9-4-3-5-10-16;/h3-5,9-10,17-18H,1-2,6-8,11-15H2,(H2,20,21);1H. The average molecular weight is 443 g/mol. The van der Waals surface area contributed by atoms with Gasteiger partial charge in [-0.2, -0.15) is 0 Å². The molecule has 1 aromatic rings. The maximum absolute atomic E-state index is 6.25. The summed E-state index contributed by atoms with van der Waals surface area (Å²) >= 11 is 0. The molecule has 2 N–H and O–H groups in total. The van der Waals surface area contributed by atoms with Crippen LogP contribution >= 0.6 is 24.0 Å². The van der Waals surface area contributed by atoms with E-state index in [-0.39, 0.29) is 30.1 Å². The van der Waals surface area contributed by atoms with Gasteiger partial charge in [0, 0.05) is 32.2 Å². The molecular weight excluding hydrogens is 413 g/mol. The molecule has 2 fully saturated rings. The maximum atomic E-state index is 6.25. The van der Waals surface area contributed by atoms with Gasteiger partial charge >= 0.3 is 0 Å². The molecule has 2 unspecified atom stereocenters. The van der Waals surface area contributed by atoms with Crippen LogP contribution in [0.2, 0.25) is 0 Å². The molecule has 0 aromatic heterocycles. The van der Waals surface area contributed by atoms with Crippen LogP contribution in [-0.2, 0) is 4.74 Å². The van der Waals surface area contributed by atoms with E-state index in [1.165, 1.54) is 31.2 Å². The summed E-state index contributed by atoms with van der Waals surface area (Å²) in [4.78, 5) is 6.99. The Labute approximate surface area is 162 Å². The highest BCUT2D eigenvalue weighted by atomic mass is 127. The molecule has 0 amide bonds. The lowest BCUT2D eigenvalue weighted by Gasteiger charge is -2.31. The number of likely N-dealkylation sites (tertiary alicyclic amines) is 1. The number of halogens is 1. The third-order valence-electron chi connectivity index (χ3n) is 4.99. The van der Waals surface area contributed by atoms with Crippen LogP contribution in [0.15, 0.2) is 35.3 Å². The number of aliphatic imine (C=N–C) groups is 1. The monoisotopic (exact) mass is 443 g/mol. The van der Waals surface area contributed by atoms with Crippen molar-refractivity contribution in [3.63, 3.8) is 0 Å². The lowest BCUT2D eigenvalue weighted by Crippen LogP contribution is -2.38. The third kappa shape index (κ3) is 5.34. The van der Waals surface area contributed by atoms with Crippen molar-refractivity contribution in [3.05, 3.63) is 35.9 Å². The van der Waals surface area contributed by atoms with Crippen LogP contribution in [0.1, 0.15) is 50.2 Å². The summed E-state index contributed by atoms with van der Waals surface area (Å²) in [5.74, 6) is 1.15. The molecule has 24 heavy (non-hydrogen) atoms. The van der Waals surface area contributed by atoms with Crippen LogP contribution in [-0.4, -0.2) is 37.1 Å². The molecule has 0 spiro atoms. The minimum atomic E-state index is 0. The summed E-state index contributed by atoms with van der Waals surface area (Å²) in [6.07, 6.45) is 7.53. The van der Waals surface area contributed by atoms with Gasteiger partial charge in [0.25, 0.3) is 0 Å². The van der Waals surface area contributed by atoms with Gasteiger partial charge in [-0.1, -0.05) is 43.2 Å². The largest absolute Gasteiger partial charge is 0.373 e. The first-order valence-corrected chi connectivity index (χ1v) is 9.06. The normalized spacial score (nSPS) is 25.7. The lowest BCUT2D eigenvalue weighted by molar-refractivity contribution is -0.0250. The smallest absolute Gasteiger partial charge is 0.191 e. The maximum Gasteiger partial charge on any atom is 0.191 e. The number of hydrogen-bond acceptors (Lipinski definition) is 2. The Balaban J connectivity index is 0.00000208. The number of nitrogens with two attached hydrogens (primary N) is 1. The highest BCUT2D eigenvalue weighted by Gasteiger charge is 2.27. The molecule has 0 radical (unpaired) electrons. The van der Waals surface area contributed by atoms with Crippen LogP contribution in [0.5, 0.6) is 0 Å². The number of hydrogen-bond donors (Lipinski definition) is 1. The second-order valence-corrected chi connectivity index (χ2v) is 6.70. The second-order valence-electron chi connectivity index (χ2n) is 6.70. The summed E-state index contributed by atoms with van der Waals surface area (Å²) in [6, 6.07) is 10.5. The van der Waals surface area contributed by atoms with E-state index in [1.807, 2.05) is 0 Å². The quantitative estimate of drug-likeness (QED) is 0.437. The van der Waals surface area contributed by atoms with Gasteiger partial charge in [0.05, 0.1) is 6.10 Å². The molecule has 0 saturated carbocycles. The predicted octanol–water partition coefficient (Wildman–Crippen LogP) is 3.96. The summed E-state index contributed by atoms with van der Waals surface area (Å²) in [5, 5.41) is 0. The summed E-state index contributed by atoms with van der Waals surface area (Å²) in [7, 11) is 0. The molecule has 2 aliphatic heterocycles. The molecule has 134 valence electrons. The summed E-state index contributed by atoms with van der Waals surface area (Å²) in [6.45, 7) is 3.72. The van der Waals surface area contributed by atoms with Crippen molar-refractivity contribution in [2.24, 2.45) is 16.6 Å². The van der Waals surface area contributed by atoms with E-state index in [2.05, 4.69) is 35.2 Å². The van der Waals surface area contributed by atoms with E-state index in [1.54, 1.807) is 0 Å². The molecule has 2 atom stereocenters. The van der Waals surface area contributed by atoms with Crippen molar-refractivity contribution < 1.29 is 4.74 Å². The molecular formula is C19H30IN3O. The van der Waals surface area contributed by atoms with Crippen LogP contribution in [0.3, 0.4) is 0 Å². The number of nitrogens with zero attached hydrogens (tertiary/aromatic N) is 2. The first kappa shape index (κ1) is 19.5. The molecule has 3 rings (SSSR count). The Morgan fingerprint density at radius 2 is 1.79 bits per heavy atom. The average Bonchev–Trinajstić information content (AvgIpc) is 2.90. The van der Waals surface area contributed by atoms with Crippen molar-refractivity contribution in [1.82, 2.24) is 4.90 Å². The SMILES string of the molecule is I.NC(=NCC1CCCOC1c1ccccc1)N1CCCCCC1. The topological polar surface area (TPSA) is 50.9 Å². The lowest BCUT2D eigenvalue weighted by atomic mass is 9.89. The first-order chi connectivity index (χ1) is 11.3. The molecule has 2 heterocycles. The van der Waals surface area contributed by atoms with Gasteiger partial charge in [0.2, 0.25) is 0 Å². The molecule has 0 aliphatic carbocycles. The number of benzene rings is 1. The minimum Gasteiger partial charge on any atom is -0.373 e. The van der Waals surface area contributed by atoms with Gasteiger partial charge in [0.1, 0.15) is 0 Å². The molecule has 4 nitrogen and oxygen atoms in total. The fourth-order valence-corrected chi connectivity index (χ4v) is 3.65. The fraction of sp³-hybridized carbons (Fsp3) is 0.632. The van der Waals surface area contributed by atoms with Crippen LogP contribution in [0.4, 0.5) is 0 Å². The van der Waals surface area contributed by atoms with Crippen LogP contribution in [0, 0.1) is 5.92 Å². The van der Waals surface area contributed by atoms with Crippen molar-refractivity contribution >= 4 is 29.9 Å². The zero-order valence-corrected chi connectivity index (χ0v) is 16.7. The number of rotatable bonds is 3. The highest BCUT2D eigenvalue weighted by molar-refractivity contribution is 14.0. The number of ether oxygens (including phenoxy) is 1. The second kappa shape index (κ2) is 10.2. The van der Waals surface area contributed by atoms with E-state index in [0.29, 0.717) is 5.92 Å². The Morgan fingerprint density at radius 1 is 1.08 bits per heavy atom. The molecule has 5 heteroatoms. The molecule has 1 aromatic carbocycles. The van der Waals surface area contributed by atoms with Crippen LogP contribution in [0.25, 0.3) is 0 Å². The first-order valence-electron chi connectivity index (χ1n) is 9.06. The molecule has 2 saturated heterocycles. The third-order valence-corrected chi connectivity index (χ3v) is 4.99. The Morgan fingerprint density at radius 3 is 2.50 bits per heavy atom. The van der Waals surface area contributed by atoms with Gasteiger partial charge in [-0.25, -0.2) is 0 Å². The zero-order valence-electron chi connectivity index (χ0n) is 14.4. The summed E-state index contributed by atoms with van der Waals surface area (Å²) in [5.41, 5.74) is 7.52. The fourth-order valence-electron chi connectivity index (χ4n) is 3.65. The van der Waals surface area contributed by atoms with E-state index in [9.17, 15) is 0 Å². The van der Waals surface area contributed by atoms with E-state index in [0.717, 1.165) is 45.0 Å². The highest BCUT2D eigenvalue weighted by Crippen LogP contribution is 2.33. The van der Waals surface area contributed by atoms with Crippen molar-refractivity contribution in [2.45, 2.75) is 44.6 Å². The van der Waals surface area contributed by atoms with Crippen molar-refractivity contribution in [2.75, 3.05) is 26.2 Å². The number of guanidine groups is 1. The Hall–Kier alpha value is -0.820. The zero-order chi connectivity index (χ0) is 15.9. The molecule has 0 bridgehead atoms. The van der Waals surface area contributed by atoms with E-state index >= 15 is 0 Å².